The van der Waals surface area contributed by atoms with Gasteiger partial charge in [0.2, 0.25) is 0 Å². The number of likely N-dealkylation sites (tertiary alicyclic amines) is 1. The zero-order valence-electron chi connectivity index (χ0n) is 8.72. The van der Waals surface area contributed by atoms with E-state index < -0.39 is 0 Å². The van der Waals surface area contributed by atoms with Gasteiger partial charge in [-0.15, -0.1) is 0 Å². The average molecular weight is 208 g/mol. The second-order valence-corrected chi connectivity index (χ2v) is 3.87. The summed E-state index contributed by atoms with van der Waals surface area (Å²) in [6.07, 6.45) is 2.53. The SMILES string of the molecule is Nc1ccc(=O)n(CCN2CCCC2)n1. The van der Waals surface area contributed by atoms with Crippen LogP contribution in [0.1, 0.15) is 12.8 Å². The van der Waals surface area contributed by atoms with Gasteiger partial charge in [0.05, 0.1) is 6.54 Å². The molecule has 1 fully saturated rings. The van der Waals surface area contributed by atoms with Crippen molar-refractivity contribution in [3.8, 4) is 0 Å². The van der Waals surface area contributed by atoms with Crippen LogP contribution in [0.4, 0.5) is 5.82 Å². The minimum absolute atomic E-state index is 0.0802. The van der Waals surface area contributed by atoms with Gasteiger partial charge in [-0.05, 0) is 32.0 Å². The molecule has 82 valence electrons. The largest absolute Gasteiger partial charge is 0.382 e. The van der Waals surface area contributed by atoms with Gasteiger partial charge in [-0.2, -0.15) is 5.10 Å². The van der Waals surface area contributed by atoms with E-state index in [0.29, 0.717) is 12.4 Å². The molecular weight excluding hydrogens is 192 g/mol. The molecule has 1 aliphatic rings. The van der Waals surface area contributed by atoms with Crippen molar-refractivity contribution in [1.29, 1.82) is 0 Å². The summed E-state index contributed by atoms with van der Waals surface area (Å²) in [5.74, 6) is 0.399. The molecule has 2 N–H and O–H groups in total. The first-order chi connectivity index (χ1) is 7.25. The van der Waals surface area contributed by atoms with E-state index in [0.717, 1.165) is 19.6 Å². The molecule has 0 aliphatic carbocycles. The van der Waals surface area contributed by atoms with Crippen LogP contribution in [0.2, 0.25) is 0 Å². The van der Waals surface area contributed by atoms with Crippen LogP contribution in [0.3, 0.4) is 0 Å². The lowest BCUT2D eigenvalue weighted by Crippen LogP contribution is -2.30. The van der Waals surface area contributed by atoms with E-state index in [-0.39, 0.29) is 5.56 Å². The Kier molecular flexibility index (Phi) is 3.01. The van der Waals surface area contributed by atoms with E-state index in [2.05, 4.69) is 10.00 Å². The van der Waals surface area contributed by atoms with Crippen LogP contribution in [0, 0.1) is 0 Å². The molecule has 0 atom stereocenters. The third-order valence-electron chi connectivity index (χ3n) is 2.71. The standard InChI is InChI=1S/C10H16N4O/c11-9-3-4-10(15)14(12-9)8-7-13-5-1-2-6-13/h3-4H,1-2,5-8H2,(H2,11,12). The molecule has 1 saturated heterocycles. The van der Waals surface area contributed by atoms with Gasteiger partial charge in [-0.1, -0.05) is 0 Å². The highest BCUT2D eigenvalue weighted by molar-refractivity contribution is 5.23. The number of nitrogens with two attached hydrogens (primary N) is 1. The minimum atomic E-state index is -0.0802. The highest BCUT2D eigenvalue weighted by Crippen LogP contribution is 2.06. The molecule has 0 bridgehead atoms. The Morgan fingerprint density at radius 1 is 1.27 bits per heavy atom. The number of nitrogens with zero attached hydrogens (tertiary/aromatic N) is 3. The van der Waals surface area contributed by atoms with Crippen molar-refractivity contribution in [2.24, 2.45) is 0 Å². The summed E-state index contributed by atoms with van der Waals surface area (Å²) in [5.41, 5.74) is 5.45. The summed E-state index contributed by atoms with van der Waals surface area (Å²) < 4.78 is 1.44. The van der Waals surface area contributed by atoms with E-state index in [4.69, 9.17) is 5.73 Å². The molecule has 1 aromatic rings. The van der Waals surface area contributed by atoms with Crippen LogP contribution < -0.4 is 11.3 Å². The van der Waals surface area contributed by atoms with Crippen LogP contribution in [-0.4, -0.2) is 34.3 Å². The summed E-state index contributed by atoms with van der Waals surface area (Å²) in [6, 6.07) is 3.00. The smallest absolute Gasteiger partial charge is 0.266 e. The molecule has 0 unspecified atom stereocenters. The molecular formula is C10H16N4O. The highest BCUT2D eigenvalue weighted by atomic mass is 16.1. The van der Waals surface area contributed by atoms with E-state index in [9.17, 15) is 4.79 Å². The molecule has 1 aliphatic heterocycles. The predicted molar refractivity (Wildman–Crippen MR) is 58.6 cm³/mol. The molecule has 0 aromatic carbocycles. The fourth-order valence-corrected chi connectivity index (χ4v) is 1.87. The van der Waals surface area contributed by atoms with Crippen molar-refractivity contribution in [1.82, 2.24) is 14.7 Å². The fraction of sp³-hybridized carbons (Fsp3) is 0.600. The first kappa shape index (κ1) is 10.2. The van der Waals surface area contributed by atoms with Crippen LogP contribution in [0.5, 0.6) is 0 Å². The van der Waals surface area contributed by atoms with Crippen molar-refractivity contribution in [2.45, 2.75) is 19.4 Å². The molecule has 2 heterocycles. The highest BCUT2D eigenvalue weighted by Gasteiger charge is 2.11. The van der Waals surface area contributed by atoms with Gasteiger partial charge in [-0.3, -0.25) is 4.79 Å². The Bertz CT molecular complexity index is 381. The average Bonchev–Trinajstić information content (AvgIpc) is 2.72. The third-order valence-corrected chi connectivity index (χ3v) is 2.71. The lowest BCUT2D eigenvalue weighted by molar-refractivity contribution is 0.312. The second kappa shape index (κ2) is 4.44. The van der Waals surface area contributed by atoms with E-state index >= 15 is 0 Å². The van der Waals surface area contributed by atoms with Crippen molar-refractivity contribution in [3.63, 3.8) is 0 Å². The van der Waals surface area contributed by atoms with Crippen molar-refractivity contribution in [3.05, 3.63) is 22.5 Å². The lowest BCUT2D eigenvalue weighted by Gasteiger charge is -2.14. The monoisotopic (exact) mass is 208 g/mol. The Labute approximate surface area is 88.5 Å². The number of hydrogen-bond donors (Lipinski definition) is 1. The molecule has 0 saturated carbocycles. The topological polar surface area (TPSA) is 64.2 Å². The van der Waals surface area contributed by atoms with E-state index in [1.165, 1.54) is 29.7 Å². The quantitative estimate of drug-likeness (QED) is 0.754. The predicted octanol–water partition coefficient (Wildman–Crippen LogP) is -0.0787. The van der Waals surface area contributed by atoms with Gasteiger partial charge in [0.25, 0.3) is 5.56 Å². The van der Waals surface area contributed by atoms with Crippen LogP contribution >= 0.6 is 0 Å². The Hall–Kier alpha value is -1.36. The Balaban J connectivity index is 1.97. The molecule has 5 nitrogen and oxygen atoms in total. The normalized spacial score (nSPS) is 17.1. The number of anilines is 1. The third kappa shape index (κ3) is 2.56. The molecule has 2 rings (SSSR count). The Morgan fingerprint density at radius 3 is 2.73 bits per heavy atom. The summed E-state index contributed by atoms with van der Waals surface area (Å²) in [7, 11) is 0. The van der Waals surface area contributed by atoms with E-state index in [1.54, 1.807) is 0 Å². The van der Waals surface area contributed by atoms with Gasteiger partial charge in [0.15, 0.2) is 0 Å². The lowest BCUT2D eigenvalue weighted by atomic mass is 10.4. The summed E-state index contributed by atoms with van der Waals surface area (Å²) in [4.78, 5) is 13.7. The second-order valence-electron chi connectivity index (χ2n) is 3.87. The summed E-state index contributed by atoms with van der Waals surface area (Å²) in [6.45, 7) is 3.79. The van der Waals surface area contributed by atoms with Crippen LogP contribution in [0.15, 0.2) is 16.9 Å². The fourth-order valence-electron chi connectivity index (χ4n) is 1.87. The zero-order chi connectivity index (χ0) is 10.7. The Morgan fingerprint density at radius 2 is 2.00 bits per heavy atom. The van der Waals surface area contributed by atoms with Gasteiger partial charge >= 0.3 is 0 Å². The summed E-state index contributed by atoms with van der Waals surface area (Å²) in [5, 5.41) is 3.99. The first-order valence-electron chi connectivity index (χ1n) is 5.32. The van der Waals surface area contributed by atoms with Gasteiger partial charge in [0, 0.05) is 12.6 Å². The van der Waals surface area contributed by atoms with Crippen molar-refractivity contribution < 1.29 is 0 Å². The first-order valence-corrected chi connectivity index (χ1v) is 5.32. The number of aromatic nitrogens is 2. The maximum absolute atomic E-state index is 11.4. The number of hydrogen-bond acceptors (Lipinski definition) is 4. The van der Waals surface area contributed by atoms with Crippen LogP contribution in [0.25, 0.3) is 0 Å². The van der Waals surface area contributed by atoms with Crippen molar-refractivity contribution in [2.75, 3.05) is 25.4 Å². The van der Waals surface area contributed by atoms with Crippen LogP contribution in [-0.2, 0) is 6.54 Å². The molecule has 5 heteroatoms. The molecule has 0 spiro atoms. The van der Waals surface area contributed by atoms with Gasteiger partial charge in [0.1, 0.15) is 5.82 Å². The number of nitrogen functional groups attached to an aromatic ring is 1. The summed E-state index contributed by atoms with van der Waals surface area (Å²) >= 11 is 0. The molecule has 0 amide bonds. The van der Waals surface area contributed by atoms with Gasteiger partial charge < -0.3 is 10.6 Å². The minimum Gasteiger partial charge on any atom is -0.382 e. The maximum Gasteiger partial charge on any atom is 0.266 e. The molecule has 0 radical (unpaired) electrons. The van der Waals surface area contributed by atoms with Gasteiger partial charge in [-0.25, -0.2) is 4.68 Å². The van der Waals surface area contributed by atoms with Crippen molar-refractivity contribution >= 4 is 5.82 Å². The number of rotatable bonds is 3. The zero-order valence-corrected chi connectivity index (χ0v) is 8.72. The molecule has 1 aromatic heterocycles. The molecule has 15 heavy (non-hydrogen) atoms. The van der Waals surface area contributed by atoms with E-state index in [1.807, 2.05) is 0 Å². The maximum atomic E-state index is 11.4.